The number of sulfonamides is 1. The van der Waals surface area contributed by atoms with Gasteiger partial charge in [-0.25, -0.2) is 13.2 Å². The molecule has 1 aromatic rings. The van der Waals surface area contributed by atoms with Crippen LogP contribution in [0, 0.1) is 0 Å². The molecule has 0 radical (unpaired) electrons. The van der Waals surface area contributed by atoms with E-state index in [0.717, 1.165) is 0 Å². The molecule has 0 aromatic heterocycles. The van der Waals surface area contributed by atoms with Crippen molar-refractivity contribution in [1.29, 1.82) is 0 Å². The van der Waals surface area contributed by atoms with E-state index in [2.05, 4.69) is 4.90 Å². The maximum absolute atomic E-state index is 12.3. The first-order valence-electron chi connectivity index (χ1n) is 6.37. The highest BCUT2D eigenvalue weighted by molar-refractivity contribution is 7.88. The second-order valence-corrected chi connectivity index (χ2v) is 6.93. The first-order valence-corrected chi connectivity index (χ1v) is 7.98. The van der Waals surface area contributed by atoms with Gasteiger partial charge in [-0.2, -0.15) is 4.31 Å². The Hall–Kier alpha value is -1.44. The van der Waals surface area contributed by atoms with Crippen molar-refractivity contribution in [3.8, 4) is 0 Å². The van der Waals surface area contributed by atoms with Crippen LogP contribution in [0.15, 0.2) is 24.3 Å². The van der Waals surface area contributed by atoms with Crippen LogP contribution in [-0.4, -0.2) is 61.9 Å². The number of aromatic carboxylic acids is 1. The summed E-state index contributed by atoms with van der Waals surface area (Å²) in [5.41, 5.74) is 0.611. The second-order valence-electron chi connectivity index (χ2n) is 4.96. The molecule has 110 valence electrons. The summed E-state index contributed by atoms with van der Waals surface area (Å²) in [6.07, 6.45) is 0. The van der Waals surface area contributed by atoms with E-state index >= 15 is 0 Å². The normalized spacial score (nSPS) is 18.1. The van der Waals surface area contributed by atoms with Crippen LogP contribution in [0.4, 0.5) is 0 Å². The Morgan fingerprint density at radius 1 is 1.25 bits per heavy atom. The van der Waals surface area contributed by atoms with Crippen LogP contribution < -0.4 is 0 Å². The van der Waals surface area contributed by atoms with E-state index in [9.17, 15) is 13.2 Å². The number of hydrogen-bond acceptors (Lipinski definition) is 4. The number of piperazine rings is 1. The molecule has 1 saturated heterocycles. The van der Waals surface area contributed by atoms with Gasteiger partial charge in [0.15, 0.2) is 0 Å². The Morgan fingerprint density at radius 3 is 2.50 bits per heavy atom. The van der Waals surface area contributed by atoms with E-state index in [4.69, 9.17) is 5.11 Å². The predicted octanol–water partition coefficient (Wildman–Crippen LogP) is 0.462. The fourth-order valence-electron chi connectivity index (χ4n) is 2.16. The molecule has 1 N–H and O–H groups in total. The molecule has 1 aliphatic rings. The van der Waals surface area contributed by atoms with Gasteiger partial charge in [0.25, 0.3) is 0 Å². The van der Waals surface area contributed by atoms with Gasteiger partial charge in [-0.05, 0) is 24.7 Å². The van der Waals surface area contributed by atoms with Gasteiger partial charge in [0.05, 0.1) is 11.3 Å². The van der Waals surface area contributed by atoms with Crippen molar-refractivity contribution in [3.63, 3.8) is 0 Å². The summed E-state index contributed by atoms with van der Waals surface area (Å²) in [6.45, 7) is 2.40. The van der Waals surface area contributed by atoms with Gasteiger partial charge in [0, 0.05) is 26.2 Å². The molecule has 1 aromatic carbocycles. The molecule has 0 unspecified atom stereocenters. The van der Waals surface area contributed by atoms with Crippen molar-refractivity contribution in [2.75, 3.05) is 33.2 Å². The number of nitrogens with zero attached hydrogens (tertiary/aromatic N) is 2. The molecule has 0 spiro atoms. The molecule has 0 saturated carbocycles. The summed E-state index contributed by atoms with van der Waals surface area (Å²) in [4.78, 5) is 13.0. The van der Waals surface area contributed by atoms with Gasteiger partial charge in [-0.1, -0.05) is 12.1 Å². The van der Waals surface area contributed by atoms with Crippen molar-refractivity contribution in [2.24, 2.45) is 0 Å². The minimum absolute atomic E-state index is 0.107. The van der Waals surface area contributed by atoms with E-state index in [1.807, 2.05) is 7.05 Å². The van der Waals surface area contributed by atoms with Crippen molar-refractivity contribution in [2.45, 2.75) is 5.75 Å². The van der Waals surface area contributed by atoms with E-state index in [0.29, 0.717) is 31.7 Å². The number of likely N-dealkylation sites (N-methyl/N-ethyl adjacent to an activating group) is 1. The monoisotopic (exact) mass is 298 g/mol. The van der Waals surface area contributed by atoms with E-state index in [1.54, 1.807) is 12.1 Å². The highest BCUT2D eigenvalue weighted by Crippen LogP contribution is 2.14. The number of benzene rings is 1. The third kappa shape index (κ3) is 3.56. The van der Waals surface area contributed by atoms with Crippen LogP contribution in [0.25, 0.3) is 0 Å². The first-order chi connectivity index (χ1) is 9.38. The zero-order valence-corrected chi connectivity index (χ0v) is 12.1. The molecule has 20 heavy (non-hydrogen) atoms. The molecule has 2 rings (SSSR count). The summed E-state index contributed by atoms with van der Waals surface area (Å²) in [5.74, 6) is -1.21. The predicted molar refractivity (Wildman–Crippen MR) is 75.1 cm³/mol. The summed E-state index contributed by atoms with van der Waals surface area (Å²) in [6, 6.07) is 6.07. The summed E-state index contributed by atoms with van der Waals surface area (Å²) >= 11 is 0. The lowest BCUT2D eigenvalue weighted by atomic mass is 10.1. The topological polar surface area (TPSA) is 77.9 Å². The van der Waals surface area contributed by atoms with Gasteiger partial charge in [-0.3, -0.25) is 0 Å². The van der Waals surface area contributed by atoms with Gasteiger partial charge >= 0.3 is 5.97 Å². The molecule has 1 heterocycles. The third-order valence-corrected chi connectivity index (χ3v) is 5.23. The van der Waals surface area contributed by atoms with Gasteiger partial charge in [0.2, 0.25) is 10.0 Å². The average molecular weight is 298 g/mol. The molecule has 7 heteroatoms. The standard InChI is InChI=1S/C13H18N2O4S/c1-14-5-7-15(8-6-14)20(18,19)10-11-3-2-4-12(9-11)13(16)17/h2-4,9H,5-8,10H2,1H3,(H,16,17). The maximum Gasteiger partial charge on any atom is 0.335 e. The highest BCUT2D eigenvalue weighted by atomic mass is 32.2. The molecule has 1 aliphatic heterocycles. The molecule has 0 bridgehead atoms. The van der Waals surface area contributed by atoms with Crippen LogP contribution in [0.2, 0.25) is 0 Å². The third-order valence-electron chi connectivity index (χ3n) is 3.38. The lowest BCUT2D eigenvalue weighted by Crippen LogP contribution is -2.47. The molecule has 0 aliphatic carbocycles. The maximum atomic E-state index is 12.3. The average Bonchev–Trinajstić information content (AvgIpc) is 2.39. The smallest absolute Gasteiger partial charge is 0.335 e. The Balaban J connectivity index is 2.12. The molecule has 0 atom stereocenters. The van der Waals surface area contributed by atoms with E-state index in [-0.39, 0.29) is 11.3 Å². The van der Waals surface area contributed by atoms with Crippen molar-refractivity contribution in [3.05, 3.63) is 35.4 Å². The molecule has 6 nitrogen and oxygen atoms in total. The van der Waals surface area contributed by atoms with Crippen molar-refractivity contribution < 1.29 is 18.3 Å². The van der Waals surface area contributed by atoms with Crippen LogP contribution in [0.3, 0.4) is 0 Å². The Bertz CT molecular complexity index is 592. The first kappa shape index (κ1) is 15.0. The number of carboxylic acid groups (broad SMARTS) is 1. The molecular weight excluding hydrogens is 280 g/mol. The summed E-state index contributed by atoms with van der Waals surface area (Å²) < 4.78 is 26.1. The van der Waals surface area contributed by atoms with Crippen LogP contribution in [0.1, 0.15) is 15.9 Å². The van der Waals surface area contributed by atoms with E-state index in [1.165, 1.54) is 16.4 Å². The Morgan fingerprint density at radius 2 is 1.90 bits per heavy atom. The quantitative estimate of drug-likeness (QED) is 0.874. The number of rotatable bonds is 4. The molecular formula is C13H18N2O4S. The van der Waals surface area contributed by atoms with E-state index < -0.39 is 16.0 Å². The van der Waals surface area contributed by atoms with Crippen LogP contribution in [0.5, 0.6) is 0 Å². The Labute approximate surface area is 118 Å². The lowest BCUT2D eigenvalue weighted by molar-refractivity contribution is 0.0696. The summed E-state index contributed by atoms with van der Waals surface area (Å²) in [5, 5.41) is 8.92. The van der Waals surface area contributed by atoms with Crippen molar-refractivity contribution >= 4 is 16.0 Å². The van der Waals surface area contributed by atoms with Crippen LogP contribution >= 0.6 is 0 Å². The summed E-state index contributed by atoms with van der Waals surface area (Å²) in [7, 11) is -1.43. The largest absolute Gasteiger partial charge is 0.478 e. The number of hydrogen-bond donors (Lipinski definition) is 1. The van der Waals surface area contributed by atoms with Gasteiger partial charge in [0.1, 0.15) is 0 Å². The Kier molecular flexibility index (Phi) is 4.42. The molecule has 0 amide bonds. The number of carbonyl (C=O) groups is 1. The zero-order valence-electron chi connectivity index (χ0n) is 11.3. The minimum Gasteiger partial charge on any atom is -0.478 e. The fraction of sp³-hybridized carbons (Fsp3) is 0.462. The second kappa shape index (κ2) is 5.90. The highest BCUT2D eigenvalue weighted by Gasteiger charge is 2.25. The number of carboxylic acids is 1. The lowest BCUT2D eigenvalue weighted by Gasteiger charge is -2.31. The molecule has 1 fully saturated rings. The zero-order chi connectivity index (χ0) is 14.8. The SMILES string of the molecule is CN1CCN(S(=O)(=O)Cc2cccc(C(=O)O)c2)CC1. The van der Waals surface area contributed by atoms with Gasteiger partial charge in [-0.15, -0.1) is 0 Å². The van der Waals surface area contributed by atoms with Crippen molar-refractivity contribution in [1.82, 2.24) is 9.21 Å². The van der Waals surface area contributed by atoms with Gasteiger partial charge < -0.3 is 10.0 Å². The van der Waals surface area contributed by atoms with Crippen LogP contribution in [-0.2, 0) is 15.8 Å². The fourth-order valence-corrected chi connectivity index (χ4v) is 3.67. The minimum atomic E-state index is -3.39.